The molecule has 3 atom stereocenters. The molecule has 2 rings (SSSR count). The van der Waals surface area contributed by atoms with E-state index in [0.29, 0.717) is 37.6 Å². The highest BCUT2D eigenvalue weighted by molar-refractivity contribution is 5.78. The van der Waals surface area contributed by atoms with Crippen molar-refractivity contribution in [2.45, 2.75) is 51.7 Å². The first kappa shape index (κ1) is 16.7. The Bertz CT molecular complexity index is 335. The van der Waals surface area contributed by atoms with Crippen LogP contribution in [-0.2, 0) is 9.53 Å². The van der Waals surface area contributed by atoms with Crippen LogP contribution in [-0.4, -0.2) is 55.7 Å². The Morgan fingerprint density at radius 3 is 2.90 bits per heavy atom. The zero-order valence-electron chi connectivity index (χ0n) is 13.5. The molecule has 0 bridgehead atoms. The Morgan fingerprint density at radius 1 is 1.38 bits per heavy atom. The van der Waals surface area contributed by atoms with Gasteiger partial charge in [-0.2, -0.15) is 0 Å². The molecule has 3 unspecified atom stereocenters. The van der Waals surface area contributed by atoms with Gasteiger partial charge < -0.3 is 15.8 Å². The second-order valence-electron chi connectivity index (χ2n) is 6.84. The van der Waals surface area contributed by atoms with E-state index in [1.54, 1.807) is 0 Å². The lowest BCUT2D eigenvalue weighted by atomic mass is 9.78. The van der Waals surface area contributed by atoms with E-state index in [9.17, 15) is 4.79 Å². The summed E-state index contributed by atoms with van der Waals surface area (Å²) in [5, 5.41) is 2.98. The van der Waals surface area contributed by atoms with Crippen molar-refractivity contribution in [3.05, 3.63) is 0 Å². The third-order valence-electron chi connectivity index (χ3n) is 4.69. The van der Waals surface area contributed by atoms with E-state index in [-0.39, 0.29) is 12.0 Å². The SMILES string of the molecule is CC(C)OCCCNC(=O)CN1CC2CCCC(N)C2C1. The molecule has 0 aromatic rings. The summed E-state index contributed by atoms with van der Waals surface area (Å²) in [6, 6.07) is 0.338. The Morgan fingerprint density at radius 2 is 2.19 bits per heavy atom. The molecule has 5 heteroatoms. The van der Waals surface area contributed by atoms with Gasteiger partial charge in [-0.3, -0.25) is 9.69 Å². The van der Waals surface area contributed by atoms with E-state index >= 15 is 0 Å². The topological polar surface area (TPSA) is 67.6 Å². The lowest BCUT2D eigenvalue weighted by Crippen LogP contribution is -2.39. The Kier molecular flexibility index (Phi) is 6.45. The van der Waals surface area contributed by atoms with Gasteiger partial charge in [0.2, 0.25) is 5.91 Å². The minimum absolute atomic E-state index is 0.131. The molecule has 1 heterocycles. The van der Waals surface area contributed by atoms with Gasteiger partial charge in [0.1, 0.15) is 0 Å². The van der Waals surface area contributed by atoms with Crippen LogP contribution >= 0.6 is 0 Å². The zero-order valence-corrected chi connectivity index (χ0v) is 13.5. The number of hydrogen-bond acceptors (Lipinski definition) is 4. The predicted molar refractivity (Wildman–Crippen MR) is 84.0 cm³/mol. The minimum Gasteiger partial charge on any atom is -0.379 e. The molecule has 0 radical (unpaired) electrons. The van der Waals surface area contributed by atoms with Crippen LogP contribution in [0.1, 0.15) is 39.5 Å². The fraction of sp³-hybridized carbons (Fsp3) is 0.938. The molecule has 122 valence electrons. The molecule has 1 aliphatic carbocycles. The number of hydrogen-bond donors (Lipinski definition) is 2. The molecule has 5 nitrogen and oxygen atoms in total. The monoisotopic (exact) mass is 297 g/mol. The average molecular weight is 297 g/mol. The van der Waals surface area contributed by atoms with Gasteiger partial charge >= 0.3 is 0 Å². The maximum absolute atomic E-state index is 12.0. The number of carbonyl (C=O) groups is 1. The number of nitrogens with zero attached hydrogens (tertiary/aromatic N) is 1. The zero-order chi connectivity index (χ0) is 15.2. The van der Waals surface area contributed by atoms with Crippen LogP contribution in [0.15, 0.2) is 0 Å². The van der Waals surface area contributed by atoms with Crippen molar-refractivity contribution >= 4 is 5.91 Å². The van der Waals surface area contributed by atoms with Crippen LogP contribution in [0.2, 0.25) is 0 Å². The number of rotatable bonds is 7. The highest BCUT2D eigenvalue weighted by atomic mass is 16.5. The van der Waals surface area contributed by atoms with Gasteiger partial charge in [0.05, 0.1) is 12.6 Å². The average Bonchev–Trinajstić information content (AvgIpc) is 2.82. The first-order chi connectivity index (χ1) is 10.1. The lowest BCUT2D eigenvalue weighted by Gasteiger charge is -2.29. The fourth-order valence-corrected chi connectivity index (χ4v) is 3.62. The Hall–Kier alpha value is -0.650. The summed E-state index contributed by atoms with van der Waals surface area (Å²) in [7, 11) is 0. The number of fused-ring (bicyclic) bond motifs is 1. The molecule has 21 heavy (non-hydrogen) atoms. The minimum atomic E-state index is 0.131. The molecule has 0 spiro atoms. The number of amides is 1. The normalized spacial score (nSPS) is 29.6. The quantitative estimate of drug-likeness (QED) is 0.687. The van der Waals surface area contributed by atoms with Gasteiger partial charge in [-0.1, -0.05) is 6.42 Å². The smallest absolute Gasteiger partial charge is 0.234 e. The molecule has 0 aromatic heterocycles. The number of carbonyl (C=O) groups excluding carboxylic acids is 1. The summed E-state index contributed by atoms with van der Waals surface area (Å²) in [5.74, 6) is 1.44. The van der Waals surface area contributed by atoms with E-state index in [0.717, 1.165) is 25.9 Å². The molecule has 0 aromatic carbocycles. The summed E-state index contributed by atoms with van der Waals surface area (Å²) in [5.41, 5.74) is 6.21. The van der Waals surface area contributed by atoms with E-state index < -0.39 is 0 Å². The van der Waals surface area contributed by atoms with Crippen molar-refractivity contribution in [1.29, 1.82) is 0 Å². The van der Waals surface area contributed by atoms with Gasteiger partial charge in [0, 0.05) is 32.3 Å². The van der Waals surface area contributed by atoms with E-state index in [1.807, 2.05) is 13.8 Å². The summed E-state index contributed by atoms with van der Waals surface area (Å²) in [4.78, 5) is 14.2. The second-order valence-corrected chi connectivity index (χ2v) is 6.84. The molecule has 3 N–H and O–H groups in total. The molecule has 1 saturated heterocycles. The van der Waals surface area contributed by atoms with Crippen molar-refractivity contribution in [2.75, 3.05) is 32.8 Å². The third kappa shape index (κ3) is 5.24. The molecule has 1 aliphatic heterocycles. The van der Waals surface area contributed by atoms with E-state index in [4.69, 9.17) is 10.5 Å². The number of nitrogens with one attached hydrogen (secondary N) is 1. The lowest BCUT2D eigenvalue weighted by molar-refractivity contribution is -0.122. The maximum Gasteiger partial charge on any atom is 0.234 e. The third-order valence-corrected chi connectivity index (χ3v) is 4.69. The summed E-state index contributed by atoms with van der Waals surface area (Å²) in [6.07, 6.45) is 4.82. The van der Waals surface area contributed by atoms with Gasteiger partial charge in [0.25, 0.3) is 0 Å². The molecule has 2 fully saturated rings. The second kappa shape index (κ2) is 8.11. The van der Waals surface area contributed by atoms with Crippen molar-refractivity contribution in [1.82, 2.24) is 10.2 Å². The molecule has 2 aliphatic rings. The first-order valence-electron chi connectivity index (χ1n) is 8.42. The largest absolute Gasteiger partial charge is 0.379 e. The summed E-state index contributed by atoms with van der Waals surface area (Å²) >= 11 is 0. The van der Waals surface area contributed by atoms with Crippen LogP contribution in [0.25, 0.3) is 0 Å². The van der Waals surface area contributed by atoms with E-state index in [1.165, 1.54) is 12.8 Å². The van der Waals surface area contributed by atoms with Crippen molar-refractivity contribution in [3.63, 3.8) is 0 Å². The Balaban J connectivity index is 1.60. The fourth-order valence-electron chi connectivity index (χ4n) is 3.62. The molecular weight excluding hydrogens is 266 g/mol. The Labute approximate surface area is 128 Å². The van der Waals surface area contributed by atoms with Crippen LogP contribution in [0.3, 0.4) is 0 Å². The standard InChI is InChI=1S/C16H31N3O2/c1-12(2)21-8-4-7-18-16(20)11-19-9-13-5-3-6-15(17)14(13)10-19/h12-15H,3-11,17H2,1-2H3,(H,18,20). The van der Waals surface area contributed by atoms with Gasteiger partial charge in [0.15, 0.2) is 0 Å². The maximum atomic E-state index is 12.0. The van der Waals surface area contributed by atoms with Gasteiger partial charge in [-0.15, -0.1) is 0 Å². The number of likely N-dealkylation sites (tertiary alicyclic amines) is 1. The number of nitrogens with two attached hydrogens (primary N) is 1. The number of ether oxygens (including phenoxy) is 1. The first-order valence-corrected chi connectivity index (χ1v) is 8.42. The summed E-state index contributed by atoms with van der Waals surface area (Å²) in [6.45, 7) is 8.02. The summed E-state index contributed by atoms with van der Waals surface area (Å²) < 4.78 is 5.46. The van der Waals surface area contributed by atoms with Gasteiger partial charge in [-0.25, -0.2) is 0 Å². The van der Waals surface area contributed by atoms with Crippen molar-refractivity contribution in [3.8, 4) is 0 Å². The molecule has 1 amide bonds. The van der Waals surface area contributed by atoms with E-state index in [2.05, 4.69) is 10.2 Å². The predicted octanol–water partition coefficient (Wildman–Crippen LogP) is 0.977. The molecule has 1 saturated carbocycles. The van der Waals surface area contributed by atoms with Crippen molar-refractivity contribution in [2.24, 2.45) is 17.6 Å². The highest BCUT2D eigenvalue weighted by Gasteiger charge is 2.38. The van der Waals surface area contributed by atoms with Crippen LogP contribution in [0.4, 0.5) is 0 Å². The van der Waals surface area contributed by atoms with Crippen LogP contribution < -0.4 is 11.1 Å². The van der Waals surface area contributed by atoms with Crippen LogP contribution in [0.5, 0.6) is 0 Å². The van der Waals surface area contributed by atoms with Gasteiger partial charge in [-0.05, 0) is 44.9 Å². The highest BCUT2D eigenvalue weighted by Crippen LogP contribution is 2.35. The van der Waals surface area contributed by atoms with Crippen molar-refractivity contribution < 1.29 is 9.53 Å². The molecular formula is C16H31N3O2. The van der Waals surface area contributed by atoms with Crippen LogP contribution in [0, 0.1) is 11.8 Å².